The Morgan fingerprint density at radius 3 is 2.21 bits per heavy atom. The highest BCUT2D eigenvalue weighted by atomic mass is 32.2. The number of hydrogen-bond acceptors (Lipinski definition) is 8. The van der Waals surface area contributed by atoms with Gasteiger partial charge in [0.05, 0.1) is 18.8 Å². The van der Waals surface area contributed by atoms with Gasteiger partial charge in [0.2, 0.25) is 10.9 Å². The standard InChI is InChI=1S/C28H37N5O4S/c1-28(2,22-4-8-25(9-5-22)36-19-3-16-33-17-14-29-15-18-33)23-6-10-26(11-7-23)37-21-24-12-13-30-27(32-24)20-31-38(34)35/h4-13,29,38H,3,14-21H2,1-2H3,(H,31,34,35). The van der Waals surface area contributed by atoms with Crippen LogP contribution in [0.3, 0.4) is 0 Å². The van der Waals surface area contributed by atoms with Crippen molar-refractivity contribution < 1.29 is 17.9 Å². The van der Waals surface area contributed by atoms with E-state index in [4.69, 9.17) is 9.47 Å². The quantitative estimate of drug-likeness (QED) is 0.225. The van der Waals surface area contributed by atoms with E-state index in [1.54, 1.807) is 12.3 Å². The van der Waals surface area contributed by atoms with Crippen molar-refractivity contribution in [2.75, 3.05) is 39.3 Å². The van der Waals surface area contributed by atoms with Gasteiger partial charge in [0.25, 0.3) is 0 Å². The first-order valence-corrected chi connectivity index (χ1v) is 14.2. The maximum Gasteiger partial charge on any atom is 0.201 e. The van der Waals surface area contributed by atoms with E-state index in [9.17, 15) is 8.42 Å². The van der Waals surface area contributed by atoms with Crippen molar-refractivity contribution in [3.05, 3.63) is 83.4 Å². The molecular weight excluding hydrogens is 502 g/mol. The Morgan fingerprint density at radius 1 is 0.947 bits per heavy atom. The lowest BCUT2D eigenvalue weighted by Crippen LogP contribution is -2.43. The number of rotatable bonds is 13. The molecule has 38 heavy (non-hydrogen) atoms. The fourth-order valence-corrected chi connectivity index (χ4v) is 4.69. The summed E-state index contributed by atoms with van der Waals surface area (Å²) < 4.78 is 35.6. The average molecular weight is 540 g/mol. The highest BCUT2D eigenvalue weighted by molar-refractivity contribution is 7.70. The average Bonchev–Trinajstić information content (AvgIpc) is 2.94. The van der Waals surface area contributed by atoms with Crippen molar-refractivity contribution in [3.63, 3.8) is 0 Å². The fourth-order valence-electron chi connectivity index (χ4n) is 4.41. The van der Waals surface area contributed by atoms with Gasteiger partial charge in [0, 0.05) is 44.3 Å². The molecule has 9 nitrogen and oxygen atoms in total. The summed E-state index contributed by atoms with van der Waals surface area (Å²) in [5.41, 5.74) is 2.88. The minimum Gasteiger partial charge on any atom is -0.494 e. The van der Waals surface area contributed by atoms with Gasteiger partial charge in [-0.25, -0.2) is 23.1 Å². The number of hydrogen-bond donors (Lipinski definition) is 3. The molecule has 204 valence electrons. The van der Waals surface area contributed by atoms with Crippen LogP contribution in [-0.4, -0.2) is 62.6 Å². The molecule has 4 rings (SSSR count). The third-order valence-electron chi connectivity index (χ3n) is 6.77. The van der Waals surface area contributed by atoms with Crippen LogP contribution >= 0.6 is 0 Å². The van der Waals surface area contributed by atoms with Crippen LogP contribution in [0.4, 0.5) is 0 Å². The predicted molar refractivity (Wildman–Crippen MR) is 148 cm³/mol. The second-order valence-corrected chi connectivity index (χ2v) is 10.6. The molecular formula is C28H37N5O4S. The molecule has 1 aliphatic rings. The SMILES string of the molecule is CC(C)(c1ccc(OCCCN2CCNCC2)cc1)c1ccc(OCc2ccnc(CN[SH](=O)=O)n2)cc1. The fraction of sp³-hybridized carbons (Fsp3) is 0.429. The van der Waals surface area contributed by atoms with E-state index in [2.05, 4.69) is 75.2 Å². The highest BCUT2D eigenvalue weighted by Gasteiger charge is 2.23. The topological polar surface area (TPSA) is 106 Å². The van der Waals surface area contributed by atoms with Crippen molar-refractivity contribution in [2.45, 2.75) is 38.8 Å². The van der Waals surface area contributed by atoms with Crippen LogP contribution in [0.25, 0.3) is 0 Å². The van der Waals surface area contributed by atoms with Crippen molar-refractivity contribution >= 4 is 10.9 Å². The zero-order valence-corrected chi connectivity index (χ0v) is 23.0. The number of piperazine rings is 1. The van der Waals surface area contributed by atoms with E-state index in [0.29, 0.717) is 11.5 Å². The van der Waals surface area contributed by atoms with Gasteiger partial charge in [-0.05, 0) is 47.9 Å². The molecule has 1 fully saturated rings. The van der Waals surface area contributed by atoms with Gasteiger partial charge < -0.3 is 19.7 Å². The van der Waals surface area contributed by atoms with E-state index < -0.39 is 10.9 Å². The summed E-state index contributed by atoms with van der Waals surface area (Å²) in [7, 11) is -2.69. The number of nitrogens with one attached hydrogen (secondary N) is 2. The van der Waals surface area contributed by atoms with Gasteiger partial charge in [-0.15, -0.1) is 0 Å². The molecule has 0 aliphatic carbocycles. The van der Waals surface area contributed by atoms with E-state index in [1.807, 2.05) is 12.1 Å². The monoisotopic (exact) mass is 539 g/mol. The van der Waals surface area contributed by atoms with E-state index in [-0.39, 0.29) is 18.6 Å². The van der Waals surface area contributed by atoms with E-state index >= 15 is 0 Å². The Balaban J connectivity index is 1.27. The molecule has 0 atom stereocenters. The molecule has 0 bridgehead atoms. The minimum absolute atomic E-state index is 0.0558. The Hall–Kier alpha value is -3.05. The van der Waals surface area contributed by atoms with Gasteiger partial charge in [-0.1, -0.05) is 38.1 Å². The number of thiol groups is 1. The van der Waals surface area contributed by atoms with Gasteiger partial charge >= 0.3 is 0 Å². The second-order valence-electron chi connectivity index (χ2n) is 9.81. The van der Waals surface area contributed by atoms with Crippen LogP contribution in [0.2, 0.25) is 0 Å². The van der Waals surface area contributed by atoms with Crippen molar-refractivity contribution in [3.8, 4) is 11.5 Å². The molecule has 0 spiro atoms. The zero-order valence-electron chi connectivity index (χ0n) is 22.1. The lowest BCUT2D eigenvalue weighted by molar-refractivity contribution is 0.214. The summed E-state index contributed by atoms with van der Waals surface area (Å²) in [6.45, 7) is 10.9. The lowest BCUT2D eigenvalue weighted by atomic mass is 9.78. The molecule has 1 saturated heterocycles. The smallest absolute Gasteiger partial charge is 0.201 e. The van der Waals surface area contributed by atoms with Gasteiger partial charge in [-0.2, -0.15) is 0 Å². The van der Waals surface area contributed by atoms with Crippen molar-refractivity contribution in [1.82, 2.24) is 24.9 Å². The van der Waals surface area contributed by atoms with Crippen LogP contribution in [0.1, 0.15) is 42.9 Å². The normalized spacial score (nSPS) is 14.5. The highest BCUT2D eigenvalue weighted by Crippen LogP contribution is 2.33. The third-order valence-corrected chi connectivity index (χ3v) is 7.18. The predicted octanol–water partition coefficient (Wildman–Crippen LogP) is 2.67. The number of nitrogens with zero attached hydrogens (tertiary/aromatic N) is 3. The first-order chi connectivity index (χ1) is 18.4. The summed E-state index contributed by atoms with van der Waals surface area (Å²) in [5.74, 6) is 2.03. The van der Waals surface area contributed by atoms with Gasteiger partial charge in [-0.3, -0.25) is 0 Å². The van der Waals surface area contributed by atoms with Crippen LogP contribution in [0.15, 0.2) is 60.8 Å². The lowest BCUT2D eigenvalue weighted by Gasteiger charge is -2.27. The maximum absolute atomic E-state index is 10.7. The second kappa shape index (κ2) is 13.7. The minimum atomic E-state index is -2.69. The molecule has 0 unspecified atom stereocenters. The Labute approximate surface area is 226 Å². The zero-order chi connectivity index (χ0) is 26.8. The first kappa shape index (κ1) is 28.0. The van der Waals surface area contributed by atoms with Crippen LogP contribution in [0, 0.1) is 0 Å². The summed E-state index contributed by atoms with van der Waals surface area (Å²) >= 11 is 0. The molecule has 10 heteroatoms. The number of aromatic nitrogens is 2. The Bertz CT molecular complexity index is 1220. The summed E-state index contributed by atoms with van der Waals surface area (Å²) in [6.07, 6.45) is 2.62. The summed E-state index contributed by atoms with van der Waals surface area (Å²) in [6, 6.07) is 18.2. The Kier molecular flexibility index (Phi) is 10.1. The molecule has 2 N–H and O–H groups in total. The largest absolute Gasteiger partial charge is 0.494 e. The summed E-state index contributed by atoms with van der Waals surface area (Å²) in [4.78, 5) is 10.9. The molecule has 1 aliphatic heterocycles. The molecule has 0 saturated carbocycles. The van der Waals surface area contributed by atoms with E-state index in [1.165, 1.54) is 11.1 Å². The Morgan fingerprint density at radius 2 is 1.58 bits per heavy atom. The summed E-state index contributed by atoms with van der Waals surface area (Å²) in [5, 5.41) is 3.38. The molecule has 0 amide bonds. The molecule has 1 aromatic heterocycles. The molecule has 2 aromatic carbocycles. The number of ether oxygens (including phenoxy) is 2. The van der Waals surface area contributed by atoms with Crippen LogP contribution in [-0.2, 0) is 29.5 Å². The van der Waals surface area contributed by atoms with Gasteiger partial charge in [0.1, 0.15) is 23.9 Å². The molecule has 3 aromatic rings. The van der Waals surface area contributed by atoms with Crippen molar-refractivity contribution in [1.29, 1.82) is 0 Å². The van der Waals surface area contributed by atoms with E-state index in [0.717, 1.165) is 57.3 Å². The van der Waals surface area contributed by atoms with Crippen LogP contribution < -0.4 is 19.5 Å². The number of benzene rings is 2. The van der Waals surface area contributed by atoms with Gasteiger partial charge in [0.15, 0.2) is 0 Å². The third kappa shape index (κ3) is 8.22. The van der Waals surface area contributed by atoms with Crippen molar-refractivity contribution in [2.24, 2.45) is 0 Å². The van der Waals surface area contributed by atoms with Crippen LogP contribution in [0.5, 0.6) is 11.5 Å². The first-order valence-electron chi connectivity index (χ1n) is 13.0. The molecule has 2 heterocycles. The maximum atomic E-state index is 10.7. The molecule has 0 radical (unpaired) electrons.